The molecule has 0 saturated heterocycles. The Morgan fingerprint density at radius 1 is 1.21 bits per heavy atom. The number of nitrogen functional groups attached to an aromatic ring is 1. The van der Waals surface area contributed by atoms with Crippen molar-refractivity contribution in [1.29, 1.82) is 0 Å². The minimum Gasteiger partial charge on any atom is -0.397 e. The number of aromatic nitrogens is 2. The van der Waals surface area contributed by atoms with Crippen molar-refractivity contribution < 1.29 is 4.79 Å². The van der Waals surface area contributed by atoms with Crippen LogP contribution in [0, 0.1) is 6.92 Å². The summed E-state index contributed by atoms with van der Waals surface area (Å²) in [5.41, 5.74) is 8.35. The Morgan fingerprint density at radius 2 is 2.08 bits per heavy atom. The monoisotopic (exact) mass is 372 g/mol. The number of carbonyl (C=O) groups excluding carboxylic acids is 1. The zero-order valence-electron chi connectivity index (χ0n) is 12.6. The fraction of sp³-hybridized carbons (Fsp3) is 0.0625. The number of fused-ring (bicyclic) bond motifs is 1. The molecule has 24 heavy (non-hydrogen) atoms. The summed E-state index contributed by atoms with van der Waals surface area (Å²) in [6.07, 6.45) is 0. The number of amides is 1. The molecule has 8 heteroatoms. The van der Waals surface area contributed by atoms with Gasteiger partial charge in [-0.1, -0.05) is 6.07 Å². The van der Waals surface area contributed by atoms with E-state index in [2.05, 4.69) is 15.3 Å². The molecule has 1 amide bonds. The van der Waals surface area contributed by atoms with Crippen LogP contribution in [0.4, 0.5) is 10.8 Å². The molecule has 0 aromatic carbocycles. The molecule has 0 aliphatic rings. The van der Waals surface area contributed by atoms with Gasteiger partial charge in [-0.2, -0.15) is 0 Å². The second-order valence-electron chi connectivity index (χ2n) is 5.12. The zero-order valence-corrected chi connectivity index (χ0v) is 15.0. The van der Waals surface area contributed by atoms with E-state index in [9.17, 15) is 4.79 Å². The van der Waals surface area contributed by atoms with Crippen molar-refractivity contribution in [3.05, 3.63) is 45.6 Å². The number of aryl methyl sites for hydroxylation is 1. The fourth-order valence-electron chi connectivity index (χ4n) is 2.28. The van der Waals surface area contributed by atoms with Crippen LogP contribution in [-0.4, -0.2) is 15.9 Å². The molecule has 0 bridgehead atoms. The number of rotatable bonds is 3. The lowest BCUT2D eigenvalue weighted by molar-refractivity contribution is 0.103. The molecule has 0 aliphatic carbocycles. The van der Waals surface area contributed by atoms with Gasteiger partial charge in [-0.05, 0) is 30.5 Å². The van der Waals surface area contributed by atoms with Crippen LogP contribution in [0.15, 0.2) is 35.0 Å². The second-order valence-corrected chi connectivity index (χ2v) is 7.92. The van der Waals surface area contributed by atoms with Gasteiger partial charge in [-0.3, -0.25) is 10.1 Å². The predicted octanol–water partition coefficient (Wildman–Crippen LogP) is 4.62. The van der Waals surface area contributed by atoms with Gasteiger partial charge in [-0.15, -0.1) is 34.0 Å². The minimum atomic E-state index is -0.250. The number of pyridine rings is 1. The van der Waals surface area contributed by atoms with Crippen LogP contribution < -0.4 is 11.1 Å². The van der Waals surface area contributed by atoms with Crippen molar-refractivity contribution >= 4 is 61.0 Å². The van der Waals surface area contributed by atoms with E-state index in [1.54, 1.807) is 11.3 Å². The molecule has 0 aliphatic heterocycles. The Morgan fingerprint density at radius 3 is 2.88 bits per heavy atom. The maximum atomic E-state index is 12.5. The SMILES string of the molecule is Cc1ccc2c(N)c(C(=O)Nc3nc(-c4cccs4)cs3)sc2n1. The maximum Gasteiger partial charge on any atom is 0.269 e. The Kier molecular flexibility index (Phi) is 3.79. The smallest absolute Gasteiger partial charge is 0.269 e. The summed E-state index contributed by atoms with van der Waals surface area (Å²) in [5.74, 6) is -0.250. The second kappa shape index (κ2) is 5.97. The van der Waals surface area contributed by atoms with E-state index in [1.165, 1.54) is 22.7 Å². The number of hydrogen-bond acceptors (Lipinski definition) is 7. The summed E-state index contributed by atoms with van der Waals surface area (Å²) in [6.45, 7) is 1.91. The van der Waals surface area contributed by atoms with E-state index in [1.807, 2.05) is 41.9 Å². The first-order valence-corrected chi connectivity index (χ1v) is 9.66. The topological polar surface area (TPSA) is 80.9 Å². The molecule has 4 rings (SSSR count). The summed E-state index contributed by atoms with van der Waals surface area (Å²) >= 11 is 4.32. The number of nitrogens with two attached hydrogens (primary N) is 1. The molecule has 0 radical (unpaired) electrons. The van der Waals surface area contributed by atoms with Crippen LogP contribution in [0.3, 0.4) is 0 Å². The van der Waals surface area contributed by atoms with Gasteiger partial charge in [0.1, 0.15) is 9.71 Å². The first kappa shape index (κ1) is 15.3. The molecule has 0 atom stereocenters. The summed E-state index contributed by atoms with van der Waals surface area (Å²) in [5, 5.41) is 8.14. The van der Waals surface area contributed by atoms with Crippen molar-refractivity contribution in [2.45, 2.75) is 6.92 Å². The Balaban J connectivity index is 1.62. The number of nitrogens with one attached hydrogen (secondary N) is 1. The summed E-state index contributed by atoms with van der Waals surface area (Å²) in [4.78, 5) is 23.8. The Hall–Kier alpha value is -2.29. The van der Waals surface area contributed by atoms with Gasteiger partial charge in [0.05, 0.1) is 16.3 Å². The Bertz CT molecular complexity index is 1030. The number of nitrogens with zero attached hydrogens (tertiary/aromatic N) is 2. The molecule has 4 aromatic rings. The van der Waals surface area contributed by atoms with Gasteiger partial charge >= 0.3 is 0 Å². The third kappa shape index (κ3) is 2.68. The Labute approximate surface area is 149 Å². The predicted molar refractivity (Wildman–Crippen MR) is 102 cm³/mol. The van der Waals surface area contributed by atoms with Crippen LogP contribution in [0.25, 0.3) is 20.8 Å². The maximum absolute atomic E-state index is 12.5. The molecule has 0 fully saturated rings. The average Bonchev–Trinajstić information content (AvgIpc) is 3.27. The first-order valence-electron chi connectivity index (χ1n) is 7.08. The number of hydrogen-bond donors (Lipinski definition) is 2. The third-order valence-electron chi connectivity index (χ3n) is 3.44. The largest absolute Gasteiger partial charge is 0.397 e. The average molecular weight is 373 g/mol. The number of carbonyl (C=O) groups is 1. The summed E-state index contributed by atoms with van der Waals surface area (Å²) < 4.78 is 0. The summed E-state index contributed by atoms with van der Waals surface area (Å²) in [6, 6.07) is 7.77. The van der Waals surface area contributed by atoms with Gasteiger partial charge in [0.15, 0.2) is 5.13 Å². The van der Waals surface area contributed by atoms with Gasteiger partial charge in [0.2, 0.25) is 0 Å². The van der Waals surface area contributed by atoms with Crippen molar-refractivity contribution in [2.75, 3.05) is 11.1 Å². The third-order valence-corrected chi connectivity index (χ3v) is 6.20. The van der Waals surface area contributed by atoms with Crippen LogP contribution in [0.1, 0.15) is 15.4 Å². The molecular formula is C16H12N4OS3. The summed E-state index contributed by atoms with van der Waals surface area (Å²) in [7, 11) is 0. The van der Waals surface area contributed by atoms with Crippen molar-refractivity contribution in [3.8, 4) is 10.6 Å². The van der Waals surface area contributed by atoms with E-state index in [0.29, 0.717) is 15.7 Å². The van der Waals surface area contributed by atoms with Gasteiger partial charge in [0.25, 0.3) is 5.91 Å². The molecule has 0 saturated carbocycles. The van der Waals surface area contributed by atoms with Crippen LogP contribution in [-0.2, 0) is 0 Å². The zero-order chi connectivity index (χ0) is 16.7. The molecule has 4 heterocycles. The molecular weight excluding hydrogens is 360 g/mol. The van der Waals surface area contributed by atoms with E-state index in [0.717, 1.165) is 26.5 Å². The van der Waals surface area contributed by atoms with Gasteiger partial charge < -0.3 is 5.73 Å². The van der Waals surface area contributed by atoms with Crippen LogP contribution in [0.2, 0.25) is 0 Å². The molecule has 3 N–H and O–H groups in total. The molecule has 5 nitrogen and oxygen atoms in total. The van der Waals surface area contributed by atoms with E-state index >= 15 is 0 Å². The highest BCUT2D eigenvalue weighted by Gasteiger charge is 2.18. The first-order chi connectivity index (χ1) is 11.6. The lowest BCUT2D eigenvalue weighted by Gasteiger charge is -2.00. The lowest BCUT2D eigenvalue weighted by Crippen LogP contribution is -2.11. The van der Waals surface area contributed by atoms with Crippen molar-refractivity contribution in [3.63, 3.8) is 0 Å². The van der Waals surface area contributed by atoms with E-state index in [4.69, 9.17) is 5.73 Å². The highest BCUT2D eigenvalue weighted by Crippen LogP contribution is 2.34. The van der Waals surface area contributed by atoms with E-state index < -0.39 is 0 Å². The normalized spacial score (nSPS) is 11.0. The highest BCUT2D eigenvalue weighted by molar-refractivity contribution is 7.21. The minimum absolute atomic E-state index is 0.250. The number of thiazole rings is 1. The van der Waals surface area contributed by atoms with E-state index in [-0.39, 0.29) is 5.91 Å². The molecule has 0 spiro atoms. The van der Waals surface area contributed by atoms with Crippen LogP contribution >= 0.6 is 34.0 Å². The lowest BCUT2D eigenvalue weighted by atomic mass is 10.2. The van der Waals surface area contributed by atoms with Gasteiger partial charge in [0, 0.05) is 16.5 Å². The molecule has 0 unspecified atom stereocenters. The van der Waals surface area contributed by atoms with Crippen molar-refractivity contribution in [1.82, 2.24) is 9.97 Å². The standard InChI is InChI=1S/C16H12N4OS3/c1-8-4-5-9-12(17)13(24-15(9)18-8)14(21)20-16-19-10(7-23-16)11-3-2-6-22-11/h2-7H,17H2,1H3,(H,19,20,21). The van der Waals surface area contributed by atoms with Crippen LogP contribution in [0.5, 0.6) is 0 Å². The van der Waals surface area contributed by atoms with Gasteiger partial charge in [-0.25, -0.2) is 9.97 Å². The number of anilines is 2. The quantitative estimate of drug-likeness (QED) is 0.550. The highest BCUT2D eigenvalue weighted by atomic mass is 32.1. The number of thiophene rings is 2. The molecule has 4 aromatic heterocycles. The van der Waals surface area contributed by atoms with Crippen molar-refractivity contribution in [2.24, 2.45) is 0 Å². The fourth-order valence-corrected chi connectivity index (χ4v) is 4.78. The molecule has 120 valence electrons.